The summed E-state index contributed by atoms with van der Waals surface area (Å²) in [6.07, 6.45) is 4.18. The van der Waals surface area contributed by atoms with Crippen molar-refractivity contribution in [2.24, 2.45) is 0 Å². The van der Waals surface area contributed by atoms with E-state index in [0.717, 1.165) is 18.7 Å². The molecule has 5 nitrogen and oxygen atoms in total. The first-order valence-electron chi connectivity index (χ1n) is 5.96. The Morgan fingerprint density at radius 1 is 1.35 bits per heavy atom. The molecule has 1 N–H and O–H groups in total. The number of ether oxygens (including phenoxy) is 2. The highest BCUT2D eigenvalue weighted by atomic mass is 16.5. The Morgan fingerprint density at radius 3 is 2.82 bits per heavy atom. The molecule has 0 fully saturated rings. The van der Waals surface area contributed by atoms with Crippen molar-refractivity contribution in [1.29, 1.82) is 0 Å². The zero-order valence-corrected chi connectivity index (χ0v) is 10.8. The van der Waals surface area contributed by atoms with Crippen molar-refractivity contribution in [2.75, 3.05) is 26.9 Å². The Labute approximate surface area is 103 Å². The van der Waals surface area contributed by atoms with Crippen LogP contribution in [0.5, 0.6) is 5.88 Å². The summed E-state index contributed by atoms with van der Waals surface area (Å²) < 4.78 is 10.5. The lowest BCUT2D eigenvalue weighted by Crippen LogP contribution is -2.35. The van der Waals surface area contributed by atoms with Gasteiger partial charge in [0.2, 0.25) is 5.88 Å². The molecule has 1 unspecified atom stereocenters. The van der Waals surface area contributed by atoms with Gasteiger partial charge in [-0.05, 0) is 13.5 Å². The van der Waals surface area contributed by atoms with Crippen molar-refractivity contribution in [3.8, 4) is 5.88 Å². The van der Waals surface area contributed by atoms with Crippen molar-refractivity contribution in [1.82, 2.24) is 15.3 Å². The zero-order chi connectivity index (χ0) is 12.5. The summed E-state index contributed by atoms with van der Waals surface area (Å²) in [5.74, 6) is 0.581. The molecule has 5 heteroatoms. The van der Waals surface area contributed by atoms with E-state index in [1.54, 1.807) is 19.5 Å². The molecule has 0 aliphatic rings. The van der Waals surface area contributed by atoms with E-state index in [9.17, 15) is 0 Å². The predicted molar refractivity (Wildman–Crippen MR) is 66.2 cm³/mol. The van der Waals surface area contributed by atoms with Crippen LogP contribution >= 0.6 is 0 Å². The van der Waals surface area contributed by atoms with Crippen LogP contribution in [0.25, 0.3) is 0 Å². The molecule has 0 amide bonds. The van der Waals surface area contributed by atoms with Crippen LogP contribution < -0.4 is 10.1 Å². The minimum Gasteiger partial charge on any atom is -0.477 e. The van der Waals surface area contributed by atoms with E-state index >= 15 is 0 Å². The standard InChI is InChI=1S/C12H21N3O2/c1-4-14-11(9-16-3)6-10-7-13-8-12(15-10)17-5-2/h7-8,11,14H,4-6,9H2,1-3H3. The molecule has 0 aromatic carbocycles. The number of methoxy groups -OCH3 is 1. The van der Waals surface area contributed by atoms with Gasteiger partial charge in [0.1, 0.15) is 0 Å². The lowest BCUT2D eigenvalue weighted by molar-refractivity contribution is 0.166. The molecule has 0 aliphatic carbocycles. The molecule has 1 atom stereocenters. The Bertz CT molecular complexity index is 314. The summed E-state index contributed by atoms with van der Waals surface area (Å²) in [5.41, 5.74) is 0.916. The first-order valence-corrected chi connectivity index (χ1v) is 5.96. The first kappa shape index (κ1) is 13.9. The van der Waals surface area contributed by atoms with Crippen molar-refractivity contribution < 1.29 is 9.47 Å². The molecular formula is C12H21N3O2. The quantitative estimate of drug-likeness (QED) is 0.734. The van der Waals surface area contributed by atoms with Gasteiger partial charge in [0, 0.05) is 25.8 Å². The molecule has 96 valence electrons. The summed E-state index contributed by atoms with van der Waals surface area (Å²) in [4.78, 5) is 8.51. The third-order valence-electron chi connectivity index (χ3n) is 2.27. The third-order valence-corrected chi connectivity index (χ3v) is 2.27. The minimum atomic E-state index is 0.260. The summed E-state index contributed by atoms with van der Waals surface area (Å²) in [6, 6.07) is 0.260. The zero-order valence-electron chi connectivity index (χ0n) is 10.8. The molecule has 0 saturated heterocycles. The van der Waals surface area contributed by atoms with Crippen LogP contribution in [0, 0.1) is 0 Å². The molecule has 0 saturated carbocycles. The lowest BCUT2D eigenvalue weighted by Gasteiger charge is -2.16. The van der Waals surface area contributed by atoms with E-state index in [1.165, 1.54) is 0 Å². The highest BCUT2D eigenvalue weighted by Gasteiger charge is 2.09. The molecule has 0 radical (unpaired) electrons. The smallest absolute Gasteiger partial charge is 0.232 e. The van der Waals surface area contributed by atoms with Crippen LogP contribution in [0.2, 0.25) is 0 Å². The number of likely N-dealkylation sites (N-methyl/N-ethyl adjacent to an activating group) is 1. The van der Waals surface area contributed by atoms with Gasteiger partial charge >= 0.3 is 0 Å². The van der Waals surface area contributed by atoms with Gasteiger partial charge in [-0.1, -0.05) is 6.92 Å². The van der Waals surface area contributed by atoms with Crippen LogP contribution in [0.4, 0.5) is 0 Å². The fraction of sp³-hybridized carbons (Fsp3) is 0.667. The maximum Gasteiger partial charge on any atom is 0.232 e. The Hall–Kier alpha value is -1.20. The van der Waals surface area contributed by atoms with Gasteiger partial charge in [-0.2, -0.15) is 0 Å². The summed E-state index contributed by atoms with van der Waals surface area (Å²) >= 11 is 0. The monoisotopic (exact) mass is 239 g/mol. The fourth-order valence-electron chi connectivity index (χ4n) is 1.63. The molecular weight excluding hydrogens is 218 g/mol. The minimum absolute atomic E-state index is 0.260. The van der Waals surface area contributed by atoms with E-state index in [-0.39, 0.29) is 6.04 Å². The van der Waals surface area contributed by atoms with Gasteiger partial charge in [-0.15, -0.1) is 0 Å². The van der Waals surface area contributed by atoms with Crippen LogP contribution in [0.15, 0.2) is 12.4 Å². The maximum atomic E-state index is 5.32. The molecule has 0 aliphatic heterocycles. The molecule has 1 heterocycles. The van der Waals surface area contributed by atoms with Crippen LogP contribution in [-0.4, -0.2) is 42.9 Å². The molecule has 1 aromatic heterocycles. The molecule has 1 aromatic rings. The normalized spacial score (nSPS) is 12.4. The van der Waals surface area contributed by atoms with Crippen LogP contribution in [-0.2, 0) is 11.2 Å². The Morgan fingerprint density at radius 2 is 2.18 bits per heavy atom. The number of nitrogens with zero attached hydrogens (tertiary/aromatic N) is 2. The Kier molecular flexibility index (Phi) is 6.50. The van der Waals surface area contributed by atoms with E-state index < -0.39 is 0 Å². The largest absolute Gasteiger partial charge is 0.477 e. The van der Waals surface area contributed by atoms with Crippen molar-refractivity contribution in [3.05, 3.63) is 18.1 Å². The van der Waals surface area contributed by atoms with Gasteiger partial charge in [-0.25, -0.2) is 4.98 Å². The average molecular weight is 239 g/mol. The maximum absolute atomic E-state index is 5.32. The summed E-state index contributed by atoms with van der Waals surface area (Å²) in [7, 11) is 1.70. The molecule has 0 spiro atoms. The van der Waals surface area contributed by atoms with E-state index in [0.29, 0.717) is 19.1 Å². The predicted octanol–water partition coefficient (Wildman–Crippen LogP) is 1.04. The summed E-state index contributed by atoms with van der Waals surface area (Å²) in [6.45, 7) is 6.18. The van der Waals surface area contributed by atoms with E-state index in [4.69, 9.17) is 9.47 Å². The fourth-order valence-corrected chi connectivity index (χ4v) is 1.63. The molecule has 0 bridgehead atoms. The second-order valence-electron chi connectivity index (χ2n) is 3.70. The lowest BCUT2D eigenvalue weighted by atomic mass is 10.2. The van der Waals surface area contributed by atoms with Crippen LogP contribution in [0.3, 0.4) is 0 Å². The number of aromatic nitrogens is 2. The Balaban J connectivity index is 2.60. The van der Waals surface area contributed by atoms with Gasteiger partial charge in [0.05, 0.1) is 25.1 Å². The third kappa shape index (κ3) is 5.10. The second kappa shape index (κ2) is 7.97. The van der Waals surface area contributed by atoms with Gasteiger partial charge in [-0.3, -0.25) is 4.98 Å². The van der Waals surface area contributed by atoms with Crippen LogP contribution in [0.1, 0.15) is 19.5 Å². The van der Waals surface area contributed by atoms with Crippen molar-refractivity contribution >= 4 is 0 Å². The van der Waals surface area contributed by atoms with Crippen molar-refractivity contribution in [2.45, 2.75) is 26.3 Å². The highest BCUT2D eigenvalue weighted by molar-refractivity contribution is 5.09. The number of rotatable bonds is 8. The van der Waals surface area contributed by atoms with Gasteiger partial charge < -0.3 is 14.8 Å². The van der Waals surface area contributed by atoms with Gasteiger partial charge in [0.25, 0.3) is 0 Å². The number of hydrogen-bond acceptors (Lipinski definition) is 5. The second-order valence-corrected chi connectivity index (χ2v) is 3.70. The van der Waals surface area contributed by atoms with Gasteiger partial charge in [0.15, 0.2) is 0 Å². The van der Waals surface area contributed by atoms with E-state index in [1.807, 2.05) is 6.92 Å². The molecule has 1 rings (SSSR count). The topological polar surface area (TPSA) is 56.3 Å². The van der Waals surface area contributed by atoms with E-state index in [2.05, 4.69) is 22.2 Å². The molecule has 17 heavy (non-hydrogen) atoms. The number of hydrogen-bond donors (Lipinski definition) is 1. The highest BCUT2D eigenvalue weighted by Crippen LogP contribution is 2.07. The summed E-state index contributed by atoms with van der Waals surface area (Å²) in [5, 5.41) is 3.35. The average Bonchev–Trinajstić information content (AvgIpc) is 2.30. The first-order chi connectivity index (χ1) is 8.30. The SMILES string of the molecule is CCNC(COC)Cc1cncc(OCC)n1. The van der Waals surface area contributed by atoms with Crippen molar-refractivity contribution in [3.63, 3.8) is 0 Å². The number of nitrogens with one attached hydrogen (secondary N) is 1.